The first-order valence-corrected chi connectivity index (χ1v) is 12.6. The lowest BCUT2D eigenvalue weighted by Crippen LogP contribution is -2.49. The Bertz CT molecular complexity index is 1070. The van der Waals surface area contributed by atoms with Crippen LogP contribution in [0.1, 0.15) is 94.9 Å². The molecule has 0 spiro atoms. The first-order valence-electron chi connectivity index (χ1n) is 12.6. The second-order valence-corrected chi connectivity index (χ2v) is 11.7. The Kier molecular flexibility index (Phi) is 4.39. The van der Waals surface area contributed by atoms with E-state index in [0.29, 0.717) is 17.3 Å². The number of pyridine rings is 1. The summed E-state index contributed by atoms with van der Waals surface area (Å²) in [5.74, 6) is 3.92. The summed E-state index contributed by atoms with van der Waals surface area (Å²) in [5.41, 5.74) is 7.61. The van der Waals surface area contributed by atoms with Crippen LogP contribution >= 0.6 is 0 Å². The molecule has 4 saturated carbocycles. The largest absolute Gasteiger partial charge is 0.254 e. The highest BCUT2D eigenvalue weighted by Crippen LogP contribution is 2.60. The highest BCUT2D eigenvalue weighted by molar-refractivity contribution is 5.49. The number of aromatic nitrogens is 2. The second kappa shape index (κ2) is 6.95. The van der Waals surface area contributed by atoms with E-state index in [4.69, 9.17) is 0 Å². The van der Waals surface area contributed by atoms with Crippen molar-refractivity contribution in [3.63, 3.8) is 0 Å². The zero-order valence-corrected chi connectivity index (χ0v) is 19.6. The van der Waals surface area contributed by atoms with Crippen molar-refractivity contribution in [2.45, 2.75) is 83.5 Å². The first-order chi connectivity index (χ1) is 14.9. The van der Waals surface area contributed by atoms with Crippen molar-refractivity contribution < 1.29 is 4.57 Å². The molecular formula is C29H37N2+. The average molecular weight is 414 g/mol. The third kappa shape index (κ3) is 3.01. The molecule has 4 aliphatic rings. The fourth-order valence-electron chi connectivity index (χ4n) is 7.86. The molecule has 4 bridgehead atoms. The van der Waals surface area contributed by atoms with Gasteiger partial charge in [0.1, 0.15) is 17.6 Å². The van der Waals surface area contributed by atoms with E-state index >= 15 is 0 Å². The van der Waals surface area contributed by atoms with Gasteiger partial charge in [-0.3, -0.25) is 0 Å². The smallest absolute Gasteiger partial charge is 0.201 e. The van der Waals surface area contributed by atoms with Crippen LogP contribution in [0.15, 0.2) is 48.9 Å². The van der Waals surface area contributed by atoms with Crippen LogP contribution < -0.4 is 4.57 Å². The van der Waals surface area contributed by atoms with Crippen molar-refractivity contribution in [1.82, 2.24) is 4.40 Å². The summed E-state index contributed by atoms with van der Waals surface area (Å²) in [7, 11) is 0. The zero-order valence-electron chi connectivity index (χ0n) is 19.6. The third-order valence-electron chi connectivity index (χ3n) is 8.75. The van der Waals surface area contributed by atoms with Crippen LogP contribution in [0.3, 0.4) is 0 Å². The Morgan fingerprint density at radius 3 is 1.90 bits per heavy atom. The Labute approximate surface area is 187 Å². The lowest BCUT2D eigenvalue weighted by Gasteiger charge is -2.56. The molecule has 162 valence electrons. The normalized spacial score (nSPS) is 29.5. The van der Waals surface area contributed by atoms with E-state index in [9.17, 15) is 0 Å². The van der Waals surface area contributed by atoms with Crippen LogP contribution in [0.5, 0.6) is 0 Å². The fourth-order valence-corrected chi connectivity index (χ4v) is 7.86. The van der Waals surface area contributed by atoms with Crippen LogP contribution in [0.4, 0.5) is 0 Å². The number of imidazole rings is 1. The van der Waals surface area contributed by atoms with E-state index in [1.165, 1.54) is 60.9 Å². The van der Waals surface area contributed by atoms with Crippen molar-refractivity contribution in [3.05, 3.63) is 65.7 Å². The summed E-state index contributed by atoms with van der Waals surface area (Å²) in [6.07, 6.45) is 13.5. The van der Waals surface area contributed by atoms with E-state index in [-0.39, 0.29) is 0 Å². The van der Waals surface area contributed by atoms with Crippen molar-refractivity contribution in [2.24, 2.45) is 17.8 Å². The van der Waals surface area contributed by atoms with Gasteiger partial charge in [-0.25, -0.2) is 4.57 Å². The van der Waals surface area contributed by atoms with Gasteiger partial charge in [-0.15, -0.1) is 0 Å². The van der Waals surface area contributed by atoms with E-state index < -0.39 is 0 Å². The summed E-state index contributed by atoms with van der Waals surface area (Å²) in [6, 6.07) is 13.9. The van der Waals surface area contributed by atoms with Crippen LogP contribution in [0.2, 0.25) is 0 Å². The SMILES string of the molecule is CC(C)c1cccc(C(C)C)c1-[n+]1cc2cccc(C34CC5CC(CC(C5)C3)C4)n2c1. The van der Waals surface area contributed by atoms with Crippen LogP contribution in [0, 0.1) is 17.8 Å². The van der Waals surface area contributed by atoms with Crippen LogP contribution in [-0.4, -0.2) is 4.40 Å². The third-order valence-corrected chi connectivity index (χ3v) is 8.75. The number of hydrogen-bond donors (Lipinski definition) is 0. The van der Waals surface area contributed by atoms with Gasteiger partial charge in [0, 0.05) is 16.5 Å². The number of rotatable bonds is 4. The molecule has 3 aromatic rings. The summed E-state index contributed by atoms with van der Waals surface area (Å²) in [5, 5.41) is 0. The fraction of sp³-hybridized carbons (Fsp3) is 0.552. The molecule has 2 aromatic heterocycles. The van der Waals surface area contributed by atoms with Gasteiger partial charge in [-0.2, -0.15) is 4.40 Å². The molecule has 0 atom stereocenters. The minimum Gasteiger partial charge on any atom is -0.201 e. The summed E-state index contributed by atoms with van der Waals surface area (Å²) in [6.45, 7) is 9.28. The maximum absolute atomic E-state index is 2.55. The van der Waals surface area contributed by atoms with Crippen molar-refractivity contribution in [3.8, 4) is 5.69 Å². The molecule has 0 N–H and O–H groups in total. The standard InChI is InChI=1S/C29H37N2/c1-19(2)25-8-6-9-26(20(3)4)28(25)30-17-24-7-5-10-27(31(24)18-30)29-14-21-11-22(15-29)13-23(12-21)16-29/h5-10,17-23H,11-16H2,1-4H3/q+1. The number of benzene rings is 1. The molecule has 0 amide bonds. The maximum Gasteiger partial charge on any atom is 0.254 e. The highest BCUT2D eigenvalue weighted by Gasteiger charge is 2.53. The molecule has 2 heteroatoms. The molecule has 0 radical (unpaired) electrons. The predicted octanol–water partition coefficient (Wildman–Crippen LogP) is 6.93. The second-order valence-electron chi connectivity index (χ2n) is 11.7. The van der Waals surface area contributed by atoms with Gasteiger partial charge in [0.25, 0.3) is 6.33 Å². The van der Waals surface area contributed by atoms with Gasteiger partial charge in [0.05, 0.1) is 0 Å². The summed E-state index contributed by atoms with van der Waals surface area (Å²) < 4.78 is 4.98. The number of para-hydroxylation sites is 1. The molecule has 4 aliphatic carbocycles. The van der Waals surface area contributed by atoms with Gasteiger partial charge in [0.2, 0.25) is 0 Å². The zero-order chi connectivity index (χ0) is 21.3. The Morgan fingerprint density at radius 2 is 1.35 bits per heavy atom. The van der Waals surface area contributed by atoms with Gasteiger partial charge in [0.15, 0.2) is 5.52 Å². The minimum absolute atomic E-state index is 0.406. The minimum atomic E-state index is 0.406. The van der Waals surface area contributed by atoms with E-state index in [1.807, 2.05) is 0 Å². The molecule has 4 fully saturated rings. The molecule has 2 nitrogen and oxygen atoms in total. The van der Waals surface area contributed by atoms with Gasteiger partial charge < -0.3 is 0 Å². The molecule has 0 saturated heterocycles. The van der Waals surface area contributed by atoms with E-state index in [1.54, 1.807) is 5.69 Å². The number of fused-ring (bicyclic) bond motifs is 1. The Balaban J connectivity index is 1.53. The Hall–Kier alpha value is -2.09. The Morgan fingerprint density at radius 1 is 0.806 bits per heavy atom. The molecule has 7 rings (SSSR count). The summed E-state index contributed by atoms with van der Waals surface area (Å²) in [4.78, 5) is 0. The van der Waals surface area contributed by atoms with E-state index in [2.05, 4.69) is 85.6 Å². The predicted molar refractivity (Wildman–Crippen MR) is 127 cm³/mol. The lowest BCUT2D eigenvalue weighted by molar-refractivity contribution is -0.595. The molecular weight excluding hydrogens is 376 g/mol. The molecule has 0 unspecified atom stereocenters. The van der Waals surface area contributed by atoms with E-state index in [0.717, 1.165) is 17.8 Å². The quantitative estimate of drug-likeness (QED) is 0.410. The molecule has 31 heavy (non-hydrogen) atoms. The van der Waals surface area contributed by atoms with Crippen LogP contribution in [0.25, 0.3) is 11.2 Å². The molecule has 1 aromatic carbocycles. The highest BCUT2D eigenvalue weighted by atomic mass is 15.1. The number of nitrogens with zero attached hydrogens (tertiary/aromatic N) is 2. The van der Waals surface area contributed by atoms with Crippen LogP contribution in [-0.2, 0) is 5.41 Å². The average Bonchev–Trinajstić information content (AvgIpc) is 3.16. The monoisotopic (exact) mass is 413 g/mol. The van der Waals surface area contributed by atoms with Crippen molar-refractivity contribution >= 4 is 5.52 Å². The molecule has 0 aliphatic heterocycles. The van der Waals surface area contributed by atoms with Gasteiger partial charge in [-0.05, 0) is 80.2 Å². The van der Waals surface area contributed by atoms with Gasteiger partial charge >= 0.3 is 0 Å². The lowest BCUT2D eigenvalue weighted by atomic mass is 9.48. The topological polar surface area (TPSA) is 8.29 Å². The van der Waals surface area contributed by atoms with Gasteiger partial charge in [-0.1, -0.05) is 52.0 Å². The summed E-state index contributed by atoms with van der Waals surface area (Å²) >= 11 is 0. The first kappa shape index (κ1) is 19.6. The van der Waals surface area contributed by atoms with Crippen molar-refractivity contribution in [2.75, 3.05) is 0 Å². The number of hydrogen-bond acceptors (Lipinski definition) is 0. The van der Waals surface area contributed by atoms with Crippen molar-refractivity contribution in [1.29, 1.82) is 0 Å². The molecule has 2 heterocycles. The maximum atomic E-state index is 2.55.